The van der Waals surface area contributed by atoms with Crippen LogP contribution in [0.15, 0.2) is 60.7 Å². The molecule has 0 saturated carbocycles. The normalized spacial score (nSPS) is 24.2. The molecule has 1 aliphatic rings. The maximum Gasteiger partial charge on any atom is 0.303 e. The highest BCUT2D eigenvalue weighted by Gasteiger charge is 2.51. The number of rotatable bonds is 10. The van der Waals surface area contributed by atoms with Crippen molar-refractivity contribution in [2.24, 2.45) is 0 Å². The summed E-state index contributed by atoms with van der Waals surface area (Å²) in [6.07, 6.45) is -4.74. The third kappa shape index (κ3) is 8.31. The summed E-state index contributed by atoms with van der Waals surface area (Å²) in [7, 11) is 1.45. The van der Waals surface area contributed by atoms with E-state index in [1.807, 2.05) is 60.7 Å². The Balaban J connectivity index is 1.83. The highest BCUT2D eigenvalue weighted by Crippen LogP contribution is 2.33. The summed E-state index contributed by atoms with van der Waals surface area (Å²) in [5, 5.41) is 8.05. The predicted molar refractivity (Wildman–Crippen MR) is 135 cm³/mol. The van der Waals surface area contributed by atoms with Crippen molar-refractivity contribution in [1.29, 1.82) is 5.41 Å². The Morgan fingerprint density at radius 2 is 1.50 bits per heavy atom. The van der Waals surface area contributed by atoms with Crippen molar-refractivity contribution in [2.45, 2.75) is 54.6 Å². The van der Waals surface area contributed by atoms with Gasteiger partial charge in [-0.3, -0.25) is 10.2 Å². The zero-order chi connectivity index (χ0) is 26.1. The van der Waals surface area contributed by atoms with Crippen LogP contribution in [0.4, 0.5) is 0 Å². The van der Waals surface area contributed by atoms with Crippen molar-refractivity contribution in [2.75, 3.05) is 13.7 Å². The number of hydrogen-bond donors (Lipinski definition) is 1. The first-order valence-corrected chi connectivity index (χ1v) is 12.3. The molecule has 1 N–H and O–H groups in total. The van der Waals surface area contributed by atoms with Gasteiger partial charge in [-0.05, 0) is 11.1 Å². The van der Waals surface area contributed by atoms with Gasteiger partial charge >= 0.3 is 5.97 Å². The molecule has 1 saturated heterocycles. The number of carbonyl (C=O) groups excluding carboxylic acids is 1. The number of nitrogens with one attached hydrogen (secondary N) is 1. The molecule has 0 unspecified atom stereocenters. The molecule has 0 bridgehead atoms. The van der Waals surface area contributed by atoms with Crippen molar-refractivity contribution in [1.82, 2.24) is 0 Å². The number of esters is 1. The summed E-state index contributed by atoms with van der Waals surface area (Å²) in [6, 6.07) is 19.0. The van der Waals surface area contributed by atoms with Gasteiger partial charge in [0.25, 0.3) is 3.79 Å². The van der Waals surface area contributed by atoms with Gasteiger partial charge in [0, 0.05) is 14.0 Å². The van der Waals surface area contributed by atoms with Gasteiger partial charge < -0.3 is 28.4 Å². The van der Waals surface area contributed by atoms with E-state index >= 15 is 0 Å². The van der Waals surface area contributed by atoms with E-state index in [9.17, 15) is 4.79 Å². The van der Waals surface area contributed by atoms with Crippen LogP contribution in [0, 0.1) is 5.41 Å². The number of methoxy groups -OCH3 is 1. The van der Waals surface area contributed by atoms with Gasteiger partial charge in [0.2, 0.25) is 12.2 Å². The lowest BCUT2D eigenvalue weighted by molar-refractivity contribution is -0.302. The third-order valence-electron chi connectivity index (χ3n) is 5.34. The minimum atomic E-state index is -2.12. The van der Waals surface area contributed by atoms with Gasteiger partial charge in [-0.25, -0.2) is 0 Å². The second-order valence-corrected chi connectivity index (χ2v) is 10.3. The van der Waals surface area contributed by atoms with E-state index in [1.165, 1.54) is 14.0 Å². The summed E-state index contributed by atoms with van der Waals surface area (Å²) in [5.74, 6) is -1.19. The van der Waals surface area contributed by atoms with E-state index in [-0.39, 0.29) is 13.2 Å². The zero-order valence-electron chi connectivity index (χ0n) is 19.8. The first-order chi connectivity index (χ1) is 17.2. The molecule has 0 aromatic heterocycles. The largest absolute Gasteiger partial charge is 0.457 e. The van der Waals surface area contributed by atoms with Gasteiger partial charge in [-0.2, -0.15) is 0 Å². The summed E-state index contributed by atoms with van der Waals surface area (Å²) in [4.78, 5) is 12.0. The molecule has 0 aliphatic carbocycles. The van der Waals surface area contributed by atoms with Crippen LogP contribution in [-0.4, -0.2) is 60.1 Å². The Labute approximate surface area is 225 Å². The van der Waals surface area contributed by atoms with Crippen LogP contribution >= 0.6 is 34.8 Å². The molecule has 2 aromatic rings. The zero-order valence-corrected chi connectivity index (χ0v) is 22.0. The molecule has 5 atom stereocenters. The van der Waals surface area contributed by atoms with Gasteiger partial charge in [0.1, 0.15) is 18.3 Å². The van der Waals surface area contributed by atoms with Gasteiger partial charge in [-0.15, -0.1) is 0 Å². The highest BCUT2D eigenvalue weighted by molar-refractivity contribution is 6.76. The molecule has 1 fully saturated rings. The van der Waals surface area contributed by atoms with Crippen molar-refractivity contribution in [3.8, 4) is 0 Å². The number of alkyl halides is 3. The topological polar surface area (TPSA) is 96.3 Å². The summed E-state index contributed by atoms with van der Waals surface area (Å²) in [5.41, 5.74) is 1.83. The molecule has 0 radical (unpaired) electrons. The molecule has 8 nitrogen and oxygen atoms in total. The lowest BCUT2D eigenvalue weighted by Crippen LogP contribution is -2.62. The summed E-state index contributed by atoms with van der Waals surface area (Å²) < 4.78 is 32.8. The van der Waals surface area contributed by atoms with Crippen LogP contribution < -0.4 is 0 Å². The number of benzene rings is 2. The van der Waals surface area contributed by atoms with E-state index in [4.69, 9.17) is 68.6 Å². The molecule has 36 heavy (non-hydrogen) atoms. The average Bonchev–Trinajstić information content (AvgIpc) is 2.84. The van der Waals surface area contributed by atoms with Crippen LogP contribution in [0.1, 0.15) is 18.1 Å². The average molecular weight is 561 g/mol. The Hall–Kier alpha value is -1.91. The van der Waals surface area contributed by atoms with Crippen LogP contribution in [0.25, 0.3) is 0 Å². The van der Waals surface area contributed by atoms with Crippen molar-refractivity contribution >= 4 is 46.7 Å². The lowest BCUT2D eigenvalue weighted by Gasteiger charge is -2.44. The quantitative estimate of drug-likeness (QED) is 0.193. The minimum absolute atomic E-state index is 0.0269. The van der Waals surface area contributed by atoms with E-state index in [0.717, 1.165) is 11.1 Å². The monoisotopic (exact) mass is 559 g/mol. The van der Waals surface area contributed by atoms with Crippen molar-refractivity contribution < 1.29 is 33.2 Å². The Kier molecular flexibility index (Phi) is 10.8. The fourth-order valence-corrected chi connectivity index (χ4v) is 3.84. The van der Waals surface area contributed by atoms with Gasteiger partial charge in [0.05, 0.1) is 19.8 Å². The van der Waals surface area contributed by atoms with Crippen LogP contribution in [0.3, 0.4) is 0 Å². The molecule has 0 amide bonds. The maximum atomic E-state index is 12.0. The van der Waals surface area contributed by atoms with Crippen LogP contribution in [0.5, 0.6) is 0 Å². The van der Waals surface area contributed by atoms with Crippen molar-refractivity contribution in [3.05, 3.63) is 71.8 Å². The second kappa shape index (κ2) is 13.6. The van der Waals surface area contributed by atoms with Crippen LogP contribution in [-0.2, 0) is 46.4 Å². The summed E-state index contributed by atoms with van der Waals surface area (Å²) in [6.45, 7) is 1.78. The first-order valence-electron chi connectivity index (χ1n) is 11.1. The molecule has 3 rings (SSSR count). The van der Waals surface area contributed by atoms with Crippen LogP contribution in [0.2, 0.25) is 0 Å². The molecular weight excluding hydrogens is 533 g/mol. The lowest BCUT2D eigenvalue weighted by atomic mass is 9.98. The summed E-state index contributed by atoms with van der Waals surface area (Å²) >= 11 is 17.5. The number of hydrogen-bond acceptors (Lipinski definition) is 8. The second-order valence-electron chi connectivity index (χ2n) is 8.02. The van der Waals surface area contributed by atoms with E-state index < -0.39 is 46.4 Å². The van der Waals surface area contributed by atoms with E-state index in [2.05, 4.69) is 0 Å². The minimum Gasteiger partial charge on any atom is -0.457 e. The molecule has 2 aromatic carbocycles. The molecule has 1 heterocycles. The Bertz CT molecular complexity index is 975. The smallest absolute Gasteiger partial charge is 0.303 e. The standard InChI is InChI=1S/C25H28Cl3NO7/c1-16(30)34-20-19(15-32-13-17-9-5-3-6-10-17)35-23(36-24(29)25(26,27)28)22(21(20)31-2)33-14-18-11-7-4-8-12-18/h3-12,19-23,29H,13-15H2,1-2H3/t19-,20-,21+,22+,23-/m1/s1. The number of ether oxygens (including phenoxy) is 6. The molecule has 11 heteroatoms. The number of carbonyl (C=O) groups is 1. The van der Waals surface area contributed by atoms with Gasteiger partial charge in [-0.1, -0.05) is 95.5 Å². The predicted octanol–water partition coefficient (Wildman–Crippen LogP) is 4.82. The van der Waals surface area contributed by atoms with Gasteiger partial charge in [0.15, 0.2) is 6.10 Å². The fraction of sp³-hybridized carbons (Fsp3) is 0.440. The fourth-order valence-electron chi connectivity index (χ4n) is 3.70. The third-order valence-corrected chi connectivity index (χ3v) is 5.85. The first kappa shape index (κ1) is 28.7. The maximum absolute atomic E-state index is 12.0. The number of halogens is 3. The highest BCUT2D eigenvalue weighted by atomic mass is 35.6. The SMILES string of the molecule is CO[C@@H]1[C@H](OCc2ccccc2)[C@@H](OC(=N)C(Cl)(Cl)Cl)O[C@H](COCc2ccccc2)[C@H]1OC(C)=O. The Morgan fingerprint density at radius 3 is 2.03 bits per heavy atom. The van der Waals surface area contributed by atoms with E-state index in [0.29, 0.717) is 6.61 Å². The molecule has 196 valence electrons. The van der Waals surface area contributed by atoms with E-state index in [1.54, 1.807) is 0 Å². The molecule has 1 aliphatic heterocycles. The van der Waals surface area contributed by atoms with Crippen molar-refractivity contribution in [3.63, 3.8) is 0 Å². The molecular formula is C25H28Cl3NO7. The Morgan fingerprint density at radius 1 is 0.917 bits per heavy atom. The molecule has 0 spiro atoms.